The number of aliphatic hydroxyl groups is 1. The zero-order chi connectivity index (χ0) is 22.1. The Kier molecular flexibility index (Phi) is 5.31. The van der Waals surface area contributed by atoms with Crippen LogP contribution in [0.5, 0.6) is 0 Å². The van der Waals surface area contributed by atoms with Crippen LogP contribution in [0.4, 0.5) is 5.69 Å². The van der Waals surface area contributed by atoms with E-state index in [0.717, 1.165) is 0 Å². The number of aliphatic hydroxyl groups excluding tert-OH is 1. The van der Waals surface area contributed by atoms with Gasteiger partial charge in [0.1, 0.15) is 11.5 Å². The van der Waals surface area contributed by atoms with Crippen molar-refractivity contribution in [3.8, 4) is 0 Å². The molecule has 0 spiro atoms. The molecule has 1 N–H and O–H groups in total. The van der Waals surface area contributed by atoms with Gasteiger partial charge >= 0.3 is 0 Å². The Labute approximate surface area is 181 Å². The molecule has 1 saturated heterocycles. The summed E-state index contributed by atoms with van der Waals surface area (Å²) in [4.78, 5) is 37.5. The molecule has 156 valence electrons. The van der Waals surface area contributed by atoms with Crippen LogP contribution in [0.1, 0.15) is 22.9 Å². The maximum atomic E-state index is 12.9. The first-order valence-electron chi connectivity index (χ1n) is 9.18. The van der Waals surface area contributed by atoms with Gasteiger partial charge in [0.15, 0.2) is 0 Å². The molecule has 1 fully saturated rings. The van der Waals surface area contributed by atoms with Crippen molar-refractivity contribution in [3.63, 3.8) is 0 Å². The molecule has 3 aromatic rings. The lowest BCUT2D eigenvalue weighted by atomic mass is 9.95. The normalized spacial score (nSPS) is 17.8. The predicted molar refractivity (Wildman–Crippen MR) is 111 cm³/mol. The van der Waals surface area contributed by atoms with Gasteiger partial charge in [0, 0.05) is 22.7 Å². The van der Waals surface area contributed by atoms with Gasteiger partial charge < -0.3 is 14.4 Å². The fourth-order valence-corrected chi connectivity index (χ4v) is 3.63. The summed E-state index contributed by atoms with van der Waals surface area (Å²) in [5.41, 5.74) is 0.497. The largest absolute Gasteiger partial charge is 0.507 e. The summed E-state index contributed by atoms with van der Waals surface area (Å²) in [6.45, 7) is -0.0172. The highest BCUT2D eigenvalue weighted by Crippen LogP contribution is 2.40. The standard InChI is InChI=1S/C22H15ClN2O6/c23-15-7-3-14(4-8-15)20(26)18-19(13-5-9-16(10-6-13)25(29)30)24(22(28)21(18)27)12-17-2-1-11-31-17/h1-11,19,26H,12H2/b20-18+. The van der Waals surface area contributed by atoms with Gasteiger partial charge in [-0.05, 0) is 54.1 Å². The molecule has 1 amide bonds. The van der Waals surface area contributed by atoms with Crippen LogP contribution in [0, 0.1) is 10.1 Å². The third-order valence-electron chi connectivity index (χ3n) is 4.98. The van der Waals surface area contributed by atoms with E-state index >= 15 is 0 Å². The molecular weight excluding hydrogens is 424 g/mol. The lowest BCUT2D eigenvalue weighted by Gasteiger charge is -2.24. The first kappa shape index (κ1) is 20.4. The zero-order valence-corrected chi connectivity index (χ0v) is 16.7. The van der Waals surface area contributed by atoms with E-state index in [2.05, 4.69) is 0 Å². The molecule has 4 rings (SSSR count). The molecule has 0 aliphatic carbocycles. The van der Waals surface area contributed by atoms with Gasteiger partial charge in [0.05, 0.1) is 29.3 Å². The highest BCUT2D eigenvalue weighted by molar-refractivity contribution is 6.46. The topological polar surface area (TPSA) is 114 Å². The summed E-state index contributed by atoms with van der Waals surface area (Å²) >= 11 is 5.90. The first-order valence-corrected chi connectivity index (χ1v) is 9.55. The molecule has 0 bridgehead atoms. The number of carbonyl (C=O) groups is 2. The van der Waals surface area contributed by atoms with Crippen molar-refractivity contribution in [2.45, 2.75) is 12.6 Å². The van der Waals surface area contributed by atoms with Crippen LogP contribution < -0.4 is 0 Å². The predicted octanol–water partition coefficient (Wildman–Crippen LogP) is 4.46. The molecule has 2 heterocycles. The third kappa shape index (κ3) is 3.80. The molecule has 2 aromatic carbocycles. The van der Waals surface area contributed by atoms with Crippen LogP contribution in [0.3, 0.4) is 0 Å². The van der Waals surface area contributed by atoms with Gasteiger partial charge in [-0.15, -0.1) is 0 Å². The third-order valence-corrected chi connectivity index (χ3v) is 5.24. The van der Waals surface area contributed by atoms with Gasteiger partial charge in [0.25, 0.3) is 17.4 Å². The fourth-order valence-electron chi connectivity index (χ4n) is 3.50. The fraction of sp³-hybridized carbons (Fsp3) is 0.0909. The molecule has 0 radical (unpaired) electrons. The highest BCUT2D eigenvalue weighted by Gasteiger charge is 2.46. The molecule has 8 nitrogen and oxygen atoms in total. The Balaban J connectivity index is 1.85. The van der Waals surface area contributed by atoms with Crippen LogP contribution in [-0.2, 0) is 16.1 Å². The summed E-state index contributed by atoms with van der Waals surface area (Å²) < 4.78 is 5.32. The van der Waals surface area contributed by atoms with E-state index in [4.69, 9.17) is 16.0 Å². The number of non-ortho nitro benzene ring substituents is 1. The van der Waals surface area contributed by atoms with Gasteiger partial charge in [-0.3, -0.25) is 19.7 Å². The van der Waals surface area contributed by atoms with Crippen LogP contribution >= 0.6 is 11.6 Å². The summed E-state index contributed by atoms with van der Waals surface area (Å²) in [6.07, 6.45) is 1.44. The summed E-state index contributed by atoms with van der Waals surface area (Å²) in [5, 5.41) is 22.4. The molecule has 31 heavy (non-hydrogen) atoms. The van der Waals surface area contributed by atoms with E-state index in [0.29, 0.717) is 21.9 Å². The van der Waals surface area contributed by atoms with E-state index < -0.39 is 22.7 Å². The van der Waals surface area contributed by atoms with Gasteiger partial charge in [-0.2, -0.15) is 0 Å². The minimum absolute atomic E-state index is 0.0172. The Hall–Kier alpha value is -3.91. The van der Waals surface area contributed by atoms with Crippen molar-refractivity contribution in [3.05, 3.63) is 105 Å². The van der Waals surface area contributed by atoms with Crippen LogP contribution in [0.2, 0.25) is 5.02 Å². The lowest BCUT2D eigenvalue weighted by molar-refractivity contribution is -0.384. The molecular formula is C22H15ClN2O6. The number of likely N-dealkylation sites (tertiary alicyclic amines) is 1. The van der Waals surface area contributed by atoms with Crippen LogP contribution in [0.25, 0.3) is 5.76 Å². The number of amides is 1. The Morgan fingerprint density at radius 3 is 2.35 bits per heavy atom. The number of carbonyl (C=O) groups excluding carboxylic acids is 2. The Bertz CT molecular complexity index is 1180. The van der Waals surface area contributed by atoms with E-state index in [1.54, 1.807) is 24.3 Å². The van der Waals surface area contributed by atoms with E-state index in [-0.39, 0.29) is 23.6 Å². The van der Waals surface area contributed by atoms with Gasteiger partial charge in [0.2, 0.25) is 0 Å². The maximum Gasteiger partial charge on any atom is 0.296 e. The number of nitro benzene ring substituents is 1. The highest BCUT2D eigenvalue weighted by atomic mass is 35.5. The minimum Gasteiger partial charge on any atom is -0.507 e. The number of halogens is 1. The molecule has 1 aromatic heterocycles. The van der Waals surface area contributed by atoms with Crippen molar-refractivity contribution in [1.29, 1.82) is 0 Å². The van der Waals surface area contributed by atoms with Crippen LogP contribution in [0.15, 0.2) is 76.9 Å². The number of hydrogen-bond donors (Lipinski definition) is 1. The monoisotopic (exact) mass is 438 g/mol. The number of hydrogen-bond acceptors (Lipinski definition) is 6. The zero-order valence-electron chi connectivity index (χ0n) is 15.9. The number of furan rings is 1. The average molecular weight is 439 g/mol. The smallest absolute Gasteiger partial charge is 0.296 e. The number of Topliss-reactive ketones (excluding diaryl/α,β-unsaturated/α-hetero) is 1. The second-order valence-corrected chi connectivity index (χ2v) is 7.30. The Morgan fingerprint density at radius 2 is 1.77 bits per heavy atom. The number of benzene rings is 2. The number of ketones is 1. The average Bonchev–Trinajstić information content (AvgIpc) is 3.36. The van der Waals surface area contributed by atoms with Crippen LogP contribution in [-0.4, -0.2) is 26.6 Å². The van der Waals surface area contributed by atoms with Crippen molar-refractivity contribution in [2.24, 2.45) is 0 Å². The van der Waals surface area contributed by atoms with Crippen molar-refractivity contribution < 1.29 is 24.0 Å². The molecule has 1 unspecified atom stereocenters. The van der Waals surface area contributed by atoms with E-state index in [1.807, 2.05) is 0 Å². The number of nitro groups is 1. The summed E-state index contributed by atoms with van der Waals surface area (Å²) in [6, 6.07) is 14.0. The molecule has 0 saturated carbocycles. The molecule has 1 atom stereocenters. The maximum absolute atomic E-state index is 12.9. The SMILES string of the molecule is O=C1C(=O)N(Cc2ccco2)C(c2ccc([N+](=O)[O-])cc2)/C1=C(\O)c1ccc(Cl)cc1. The van der Waals surface area contributed by atoms with Crippen molar-refractivity contribution in [2.75, 3.05) is 0 Å². The minimum atomic E-state index is -0.957. The lowest BCUT2D eigenvalue weighted by Crippen LogP contribution is -2.29. The summed E-state index contributed by atoms with van der Waals surface area (Å²) in [5.74, 6) is -1.58. The van der Waals surface area contributed by atoms with Crippen molar-refractivity contribution in [1.82, 2.24) is 4.90 Å². The quantitative estimate of drug-likeness (QED) is 0.207. The van der Waals surface area contributed by atoms with Gasteiger partial charge in [-0.25, -0.2) is 0 Å². The first-order chi connectivity index (χ1) is 14.9. The molecule has 9 heteroatoms. The van der Waals surface area contributed by atoms with Gasteiger partial charge in [-0.1, -0.05) is 11.6 Å². The second-order valence-electron chi connectivity index (χ2n) is 6.86. The second kappa shape index (κ2) is 8.08. The molecule has 1 aliphatic heterocycles. The van der Waals surface area contributed by atoms with E-state index in [9.17, 15) is 24.8 Å². The number of rotatable bonds is 5. The van der Waals surface area contributed by atoms with Crippen molar-refractivity contribution >= 4 is 34.7 Å². The summed E-state index contributed by atoms with van der Waals surface area (Å²) in [7, 11) is 0. The number of nitrogens with zero attached hydrogens (tertiary/aromatic N) is 2. The molecule has 1 aliphatic rings. The Morgan fingerprint density at radius 1 is 1.10 bits per heavy atom. The van der Waals surface area contributed by atoms with E-state index in [1.165, 1.54) is 47.6 Å².